The molecule has 0 atom stereocenters. The van der Waals surface area contributed by atoms with Crippen LogP contribution >= 0.6 is 10.7 Å². The number of hydrogen-bond acceptors (Lipinski definition) is 7. The number of nitrogens with zero attached hydrogens (tertiary/aromatic N) is 1. The number of ether oxygens (including phenoxy) is 2. The van der Waals surface area contributed by atoms with Gasteiger partial charge in [0.25, 0.3) is 14.7 Å². The van der Waals surface area contributed by atoms with E-state index in [2.05, 4.69) is 0 Å². The number of nitro benzene ring substituents is 1. The SMILES string of the molecule is O=C(OC1COC1)c1cc([N+](=O)[O-])cc(S(=O)(=O)Cl)c1. The van der Waals surface area contributed by atoms with Crippen molar-refractivity contribution in [2.45, 2.75) is 11.0 Å². The summed E-state index contributed by atoms with van der Waals surface area (Å²) in [5, 5.41) is 10.7. The normalized spacial score (nSPS) is 15.4. The van der Waals surface area contributed by atoms with Crippen molar-refractivity contribution < 1.29 is 27.6 Å². The largest absolute Gasteiger partial charge is 0.454 e. The predicted molar refractivity (Wildman–Crippen MR) is 66.2 cm³/mol. The van der Waals surface area contributed by atoms with Gasteiger partial charge in [-0.05, 0) is 6.07 Å². The molecular weight excluding hydrogens is 314 g/mol. The Hall–Kier alpha value is -1.71. The van der Waals surface area contributed by atoms with E-state index < -0.39 is 36.6 Å². The lowest BCUT2D eigenvalue weighted by atomic mass is 10.2. The van der Waals surface area contributed by atoms with Crippen LogP contribution in [0.25, 0.3) is 0 Å². The zero-order valence-electron chi connectivity index (χ0n) is 9.81. The molecule has 1 aromatic carbocycles. The van der Waals surface area contributed by atoms with Crippen molar-refractivity contribution >= 4 is 31.4 Å². The molecule has 8 nitrogen and oxygen atoms in total. The fourth-order valence-corrected chi connectivity index (χ4v) is 2.25. The second-order valence-corrected chi connectivity index (χ2v) is 6.54. The van der Waals surface area contributed by atoms with Crippen molar-refractivity contribution in [3.63, 3.8) is 0 Å². The van der Waals surface area contributed by atoms with Crippen LogP contribution in [-0.4, -0.2) is 38.6 Å². The molecule has 1 aliphatic heterocycles. The second-order valence-electron chi connectivity index (χ2n) is 3.98. The monoisotopic (exact) mass is 321 g/mol. The van der Waals surface area contributed by atoms with Gasteiger partial charge in [0.15, 0.2) is 0 Å². The molecule has 1 saturated heterocycles. The highest BCUT2D eigenvalue weighted by Crippen LogP contribution is 2.24. The Morgan fingerprint density at radius 1 is 1.40 bits per heavy atom. The highest BCUT2D eigenvalue weighted by Gasteiger charge is 2.26. The molecule has 1 heterocycles. The van der Waals surface area contributed by atoms with Crippen LogP contribution in [0.15, 0.2) is 23.1 Å². The topological polar surface area (TPSA) is 113 Å². The van der Waals surface area contributed by atoms with Crippen molar-refractivity contribution in [3.05, 3.63) is 33.9 Å². The molecular formula is C10H8ClNO7S. The van der Waals surface area contributed by atoms with E-state index in [-0.39, 0.29) is 18.8 Å². The maximum atomic E-state index is 11.8. The molecule has 10 heteroatoms. The molecule has 0 bridgehead atoms. The van der Waals surface area contributed by atoms with Gasteiger partial charge in [0.05, 0.1) is 28.6 Å². The van der Waals surface area contributed by atoms with Gasteiger partial charge in [-0.25, -0.2) is 13.2 Å². The Kier molecular flexibility index (Phi) is 3.93. The summed E-state index contributed by atoms with van der Waals surface area (Å²) in [6.07, 6.45) is -0.433. The maximum Gasteiger partial charge on any atom is 0.338 e. The van der Waals surface area contributed by atoms with Crippen molar-refractivity contribution in [1.82, 2.24) is 0 Å². The van der Waals surface area contributed by atoms with Crippen LogP contribution in [0.3, 0.4) is 0 Å². The van der Waals surface area contributed by atoms with Gasteiger partial charge in [0, 0.05) is 22.8 Å². The molecule has 1 aromatic rings. The van der Waals surface area contributed by atoms with E-state index in [9.17, 15) is 23.3 Å². The van der Waals surface area contributed by atoms with Gasteiger partial charge in [-0.3, -0.25) is 10.1 Å². The summed E-state index contributed by atoms with van der Waals surface area (Å²) in [5.74, 6) is -0.872. The molecule has 0 amide bonds. The van der Waals surface area contributed by atoms with Crippen LogP contribution in [0.1, 0.15) is 10.4 Å². The van der Waals surface area contributed by atoms with Crippen LogP contribution in [-0.2, 0) is 18.5 Å². The average Bonchev–Trinajstić information content (AvgIpc) is 2.31. The Labute approximate surface area is 117 Å². The number of hydrogen-bond donors (Lipinski definition) is 0. The zero-order valence-corrected chi connectivity index (χ0v) is 11.4. The van der Waals surface area contributed by atoms with Crippen LogP contribution in [0.5, 0.6) is 0 Å². The maximum absolute atomic E-state index is 11.8. The lowest BCUT2D eigenvalue weighted by molar-refractivity contribution is -0.385. The fourth-order valence-electron chi connectivity index (χ4n) is 1.45. The summed E-state index contributed by atoms with van der Waals surface area (Å²) in [5.41, 5.74) is -0.825. The molecule has 0 aliphatic carbocycles. The first-order valence-electron chi connectivity index (χ1n) is 5.30. The van der Waals surface area contributed by atoms with Crippen LogP contribution < -0.4 is 0 Å². The number of esters is 1. The summed E-state index contributed by atoms with van der Waals surface area (Å²) in [6, 6.07) is 2.62. The molecule has 0 unspecified atom stereocenters. The van der Waals surface area contributed by atoms with Gasteiger partial charge < -0.3 is 9.47 Å². The van der Waals surface area contributed by atoms with Gasteiger partial charge in [0.1, 0.15) is 6.10 Å². The smallest absolute Gasteiger partial charge is 0.338 e. The van der Waals surface area contributed by atoms with E-state index in [1.165, 1.54) is 0 Å². The summed E-state index contributed by atoms with van der Waals surface area (Å²) >= 11 is 0. The molecule has 0 spiro atoms. The van der Waals surface area contributed by atoms with E-state index in [4.69, 9.17) is 20.2 Å². The highest BCUT2D eigenvalue weighted by molar-refractivity contribution is 8.13. The first kappa shape index (κ1) is 14.7. The number of rotatable bonds is 4. The van der Waals surface area contributed by atoms with Crippen molar-refractivity contribution in [1.29, 1.82) is 0 Å². The van der Waals surface area contributed by atoms with E-state index in [0.717, 1.165) is 18.2 Å². The van der Waals surface area contributed by atoms with Gasteiger partial charge in [-0.2, -0.15) is 0 Å². The number of benzene rings is 1. The average molecular weight is 322 g/mol. The van der Waals surface area contributed by atoms with Gasteiger partial charge in [-0.1, -0.05) is 0 Å². The molecule has 0 radical (unpaired) electrons. The molecule has 2 rings (SSSR count). The minimum Gasteiger partial charge on any atom is -0.454 e. The first-order chi connectivity index (χ1) is 9.27. The zero-order chi connectivity index (χ0) is 14.9. The standard InChI is InChI=1S/C10H8ClNO7S/c11-20(16,17)9-2-6(1-7(3-9)12(14)15)10(13)19-8-4-18-5-8/h1-3,8H,4-5H2. The quantitative estimate of drug-likeness (QED) is 0.353. The number of carbonyl (C=O) groups is 1. The Morgan fingerprint density at radius 2 is 2.05 bits per heavy atom. The number of nitro groups is 1. The fraction of sp³-hybridized carbons (Fsp3) is 0.300. The molecule has 20 heavy (non-hydrogen) atoms. The third-order valence-corrected chi connectivity index (χ3v) is 3.83. The van der Waals surface area contributed by atoms with Gasteiger partial charge in [-0.15, -0.1) is 0 Å². The first-order valence-corrected chi connectivity index (χ1v) is 7.61. The minimum atomic E-state index is -4.20. The van der Waals surface area contributed by atoms with Crippen LogP contribution in [0.4, 0.5) is 5.69 Å². The van der Waals surface area contributed by atoms with E-state index >= 15 is 0 Å². The van der Waals surface area contributed by atoms with E-state index in [1.54, 1.807) is 0 Å². The van der Waals surface area contributed by atoms with Crippen molar-refractivity contribution in [2.75, 3.05) is 13.2 Å². The Bertz CT molecular complexity index is 668. The highest BCUT2D eigenvalue weighted by atomic mass is 35.7. The number of non-ortho nitro benzene ring substituents is 1. The third-order valence-electron chi connectivity index (χ3n) is 2.50. The number of carbonyl (C=O) groups excluding carboxylic acids is 1. The summed E-state index contributed by atoms with van der Waals surface area (Å²) < 4.78 is 32.2. The minimum absolute atomic E-state index is 0.237. The lowest BCUT2D eigenvalue weighted by Gasteiger charge is -2.25. The molecule has 0 saturated carbocycles. The van der Waals surface area contributed by atoms with Crippen LogP contribution in [0, 0.1) is 10.1 Å². The summed E-state index contributed by atoms with van der Waals surface area (Å²) in [4.78, 5) is 21.1. The summed E-state index contributed by atoms with van der Waals surface area (Å²) in [7, 11) is 0.934. The molecule has 0 aromatic heterocycles. The third kappa shape index (κ3) is 3.24. The molecule has 108 valence electrons. The molecule has 0 N–H and O–H groups in total. The van der Waals surface area contributed by atoms with Gasteiger partial charge in [0.2, 0.25) is 0 Å². The Balaban J connectivity index is 2.38. The lowest BCUT2D eigenvalue weighted by Crippen LogP contribution is -2.37. The predicted octanol–water partition coefficient (Wildman–Crippen LogP) is 1.08. The molecule has 1 fully saturated rings. The number of halogens is 1. The molecule has 1 aliphatic rings. The Morgan fingerprint density at radius 3 is 2.50 bits per heavy atom. The van der Waals surface area contributed by atoms with Crippen LogP contribution in [0.2, 0.25) is 0 Å². The van der Waals surface area contributed by atoms with E-state index in [0.29, 0.717) is 0 Å². The van der Waals surface area contributed by atoms with E-state index in [1.807, 2.05) is 0 Å². The second kappa shape index (κ2) is 5.35. The van der Waals surface area contributed by atoms with Gasteiger partial charge >= 0.3 is 5.97 Å². The summed E-state index contributed by atoms with van der Waals surface area (Å²) in [6.45, 7) is 0.475. The van der Waals surface area contributed by atoms with Crippen molar-refractivity contribution in [2.24, 2.45) is 0 Å². The van der Waals surface area contributed by atoms with Crippen molar-refractivity contribution in [3.8, 4) is 0 Å².